The molecule has 11 heteroatoms. The van der Waals surface area contributed by atoms with Gasteiger partial charge in [-0.2, -0.15) is 0 Å². The summed E-state index contributed by atoms with van der Waals surface area (Å²) in [5.74, 6) is -1.78. The predicted octanol–water partition coefficient (Wildman–Crippen LogP) is 10.4. The van der Waals surface area contributed by atoms with Crippen molar-refractivity contribution in [3.63, 3.8) is 0 Å². The van der Waals surface area contributed by atoms with Gasteiger partial charge >= 0.3 is 19.8 Å². The van der Waals surface area contributed by atoms with Gasteiger partial charge < -0.3 is 25.2 Å². The van der Waals surface area contributed by atoms with Crippen LogP contribution in [0.2, 0.25) is 0 Å². The molecule has 0 aliphatic heterocycles. The lowest BCUT2D eigenvalue weighted by atomic mass is 10.1. The van der Waals surface area contributed by atoms with E-state index >= 15 is 0 Å². The molecule has 0 bridgehead atoms. The van der Waals surface area contributed by atoms with Crippen LogP contribution >= 0.6 is 7.82 Å². The minimum Gasteiger partial charge on any atom is -0.480 e. The Hall–Kier alpha value is -1.55. The number of rotatable bonds is 38. The quantitative estimate of drug-likeness (QED) is 0.0242. The zero-order valence-electron chi connectivity index (χ0n) is 31.7. The molecule has 10 nitrogen and oxygen atoms in total. The van der Waals surface area contributed by atoms with Crippen LogP contribution in [0.25, 0.3) is 0 Å². The maximum atomic E-state index is 12.5. The van der Waals surface area contributed by atoms with E-state index in [2.05, 4.69) is 38.2 Å². The van der Waals surface area contributed by atoms with Gasteiger partial charge in [-0.3, -0.25) is 18.6 Å². The van der Waals surface area contributed by atoms with Gasteiger partial charge in [0.1, 0.15) is 12.1 Å². The van der Waals surface area contributed by atoms with E-state index in [0.29, 0.717) is 13.0 Å². The van der Waals surface area contributed by atoms with Crippen LogP contribution in [-0.2, 0) is 32.7 Å². The van der Waals surface area contributed by atoms with Crippen LogP contribution < -0.4 is 5.73 Å². The molecule has 0 spiro atoms. The lowest BCUT2D eigenvalue weighted by molar-refractivity contribution is -0.154. The summed E-state index contributed by atoms with van der Waals surface area (Å²) in [6.07, 6.45) is 36.6. The Balaban J connectivity index is 4.27. The monoisotopic (exact) mass is 732 g/mol. The second-order valence-electron chi connectivity index (χ2n) is 13.4. The fourth-order valence-corrected chi connectivity index (χ4v) is 6.12. The lowest BCUT2D eigenvalue weighted by Gasteiger charge is -2.20. The maximum Gasteiger partial charge on any atom is 0.472 e. The van der Waals surface area contributed by atoms with Gasteiger partial charge in [0, 0.05) is 13.0 Å². The Labute approximate surface area is 304 Å². The Bertz CT molecular complexity index is 899. The number of carboxylic acid groups (broad SMARTS) is 1. The Morgan fingerprint density at radius 1 is 0.640 bits per heavy atom. The van der Waals surface area contributed by atoms with Crippen molar-refractivity contribution in [2.75, 3.05) is 26.4 Å². The van der Waals surface area contributed by atoms with E-state index in [4.69, 9.17) is 29.4 Å². The molecule has 0 aromatic heterocycles. The molecule has 0 aromatic rings. The molecule has 0 aliphatic carbocycles. The number of carboxylic acids is 1. The van der Waals surface area contributed by atoms with Crippen molar-refractivity contribution in [2.24, 2.45) is 5.73 Å². The summed E-state index contributed by atoms with van der Waals surface area (Å²) in [6, 6.07) is -1.47. The normalized spacial score (nSPS) is 14.3. The van der Waals surface area contributed by atoms with Crippen LogP contribution in [0.15, 0.2) is 24.3 Å². The highest BCUT2D eigenvalue weighted by Gasteiger charge is 2.27. The third-order valence-electron chi connectivity index (χ3n) is 8.48. The molecule has 0 amide bonds. The highest BCUT2D eigenvalue weighted by atomic mass is 31.2. The Morgan fingerprint density at radius 3 is 1.64 bits per heavy atom. The number of phosphoric ester groups is 1. The van der Waals surface area contributed by atoms with Crippen molar-refractivity contribution in [2.45, 2.75) is 187 Å². The van der Waals surface area contributed by atoms with E-state index in [1.165, 1.54) is 103 Å². The number of allylic oxidation sites excluding steroid dienone is 4. The average Bonchev–Trinajstić information content (AvgIpc) is 3.09. The van der Waals surface area contributed by atoms with Crippen LogP contribution in [0.3, 0.4) is 0 Å². The van der Waals surface area contributed by atoms with E-state index in [1.54, 1.807) is 0 Å². The van der Waals surface area contributed by atoms with E-state index in [-0.39, 0.29) is 13.0 Å². The minimum atomic E-state index is -4.61. The van der Waals surface area contributed by atoms with E-state index < -0.39 is 45.1 Å². The van der Waals surface area contributed by atoms with Crippen LogP contribution in [0, 0.1) is 0 Å². The molecule has 294 valence electrons. The number of esters is 1. The van der Waals surface area contributed by atoms with Crippen LogP contribution in [-0.4, -0.2) is 60.5 Å². The summed E-state index contributed by atoms with van der Waals surface area (Å²) in [4.78, 5) is 33.4. The van der Waals surface area contributed by atoms with Gasteiger partial charge in [0.05, 0.1) is 19.8 Å². The lowest BCUT2D eigenvalue weighted by Crippen LogP contribution is -2.34. The maximum absolute atomic E-state index is 12.5. The highest BCUT2D eigenvalue weighted by molar-refractivity contribution is 7.47. The van der Waals surface area contributed by atoms with Gasteiger partial charge in [0.15, 0.2) is 0 Å². The molecular weight excluding hydrogens is 657 g/mol. The number of carbonyl (C=O) groups excluding carboxylic acids is 1. The number of phosphoric acid groups is 1. The molecule has 0 radical (unpaired) electrons. The summed E-state index contributed by atoms with van der Waals surface area (Å²) < 4.78 is 33.2. The number of aliphatic carboxylic acids is 1. The molecule has 3 unspecified atom stereocenters. The molecule has 4 N–H and O–H groups in total. The molecule has 3 atom stereocenters. The molecule has 50 heavy (non-hydrogen) atoms. The highest BCUT2D eigenvalue weighted by Crippen LogP contribution is 2.43. The summed E-state index contributed by atoms with van der Waals surface area (Å²) >= 11 is 0. The van der Waals surface area contributed by atoms with Crippen molar-refractivity contribution < 1.29 is 42.7 Å². The predicted molar refractivity (Wildman–Crippen MR) is 203 cm³/mol. The number of carbonyl (C=O) groups is 2. The van der Waals surface area contributed by atoms with Crippen molar-refractivity contribution in [1.29, 1.82) is 0 Å². The smallest absolute Gasteiger partial charge is 0.472 e. The molecule has 0 saturated heterocycles. The van der Waals surface area contributed by atoms with Crippen molar-refractivity contribution in [3.8, 4) is 0 Å². The zero-order chi connectivity index (χ0) is 37.0. The fourth-order valence-electron chi connectivity index (χ4n) is 5.34. The molecule has 0 aliphatic rings. The van der Waals surface area contributed by atoms with Crippen LogP contribution in [0.5, 0.6) is 0 Å². The molecule has 0 fully saturated rings. The fraction of sp³-hybridized carbons (Fsp3) is 0.846. The van der Waals surface area contributed by atoms with Gasteiger partial charge in [0.2, 0.25) is 0 Å². The summed E-state index contributed by atoms with van der Waals surface area (Å²) in [7, 11) is -4.61. The Morgan fingerprint density at radius 2 is 1.10 bits per heavy atom. The second-order valence-corrected chi connectivity index (χ2v) is 14.9. The minimum absolute atomic E-state index is 0.0129. The summed E-state index contributed by atoms with van der Waals surface area (Å²) in [5, 5.41) is 8.86. The van der Waals surface area contributed by atoms with Gasteiger partial charge in [-0.1, -0.05) is 147 Å². The van der Waals surface area contributed by atoms with Crippen LogP contribution in [0.4, 0.5) is 0 Å². The number of hydrogen-bond acceptors (Lipinski definition) is 8. The third kappa shape index (κ3) is 34.9. The van der Waals surface area contributed by atoms with Gasteiger partial charge in [0.25, 0.3) is 0 Å². The van der Waals surface area contributed by atoms with Gasteiger partial charge in [-0.15, -0.1) is 0 Å². The first kappa shape index (κ1) is 48.5. The second kappa shape index (κ2) is 35.8. The molecule has 0 rings (SSSR count). The molecule has 0 saturated carbocycles. The average molecular weight is 732 g/mol. The third-order valence-corrected chi connectivity index (χ3v) is 9.43. The first-order chi connectivity index (χ1) is 24.2. The first-order valence-corrected chi connectivity index (χ1v) is 21.4. The van der Waals surface area contributed by atoms with Crippen molar-refractivity contribution >= 4 is 19.8 Å². The van der Waals surface area contributed by atoms with Crippen molar-refractivity contribution in [3.05, 3.63) is 24.3 Å². The van der Waals surface area contributed by atoms with Gasteiger partial charge in [-0.25, -0.2) is 4.57 Å². The topological polar surface area (TPSA) is 155 Å². The molecule has 0 aromatic carbocycles. The van der Waals surface area contributed by atoms with E-state index in [0.717, 1.165) is 44.9 Å². The molecule has 0 heterocycles. The largest absolute Gasteiger partial charge is 0.480 e. The Kier molecular flexibility index (Phi) is 34.7. The summed E-state index contributed by atoms with van der Waals surface area (Å²) in [6.45, 7) is 3.83. The number of nitrogens with two attached hydrogens (primary N) is 1. The zero-order valence-corrected chi connectivity index (χ0v) is 32.6. The van der Waals surface area contributed by atoms with Crippen molar-refractivity contribution in [1.82, 2.24) is 0 Å². The molecular formula is C39H74NO9P. The number of unbranched alkanes of at least 4 members (excludes halogenated alkanes) is 20. The number of ether oxygens (including phenoxy) is 2. The van der Waals surface area contributed by atoms with E-state index in [1.807, 2.05) is 0 Å². The first-order valence-electron chi connectivity index (χ1n) is 19.9. The number of hydrogen-bond donors (Lipinski definition) is 3. The standard InChI is InChI=1S/C39H74NO9P/c1-3-5-7-9-11-13-15-16-17-18-19-20-22-24-26-28-30-32-46-33-36(34-47-50(44,45)48-35-37(40)39(42)43)49-38(41)31-29-27-25-23-21-14-12-10-8-6-4-2/h13,15,17-18,36-37H,3-12,14,16,19-35,40H2,1-2H3,(H,42,43)(H,44,45)/b15-13-,18-17-. The van der Waals surface area contributed by atoms with Crippen LogP contribution in [0.1, 0.15) is 174 Å². The SMILES string of the molecule is CCCCCC/C=C\C/C=C\CCCCCCCCOCC(COP(=O)(O)OCC(N)C(=O)O)OC(=O)CCCCCCCCCCCCC. The van der Waals surface area contributed by atoms with Gasteiger partial charge in [-0.05, 0) is 44.9 Å². The summed E-state index contributed by atoms with van der Waals surface area (Å²) in [5.41, 5.74) is 5.34. The van der Waals surface area contributed by atoms with E-state index in [9.17, 15) is 19.0 Å².